The minimum absolute atomic E-state index is 0.273. The third-order valence-corrected chi connectivity index (χ3v) is 4.81. The molecule has 0 N–H and O–H groups in total. The SMILES string of the molecule is CC[C@H]1C=NS(=O)(=O)N1c1ccc2c(C#N)nccc2c1. The Kier molecular flexibility index (Phi) is 3.11. The van der Waals surface area contributed by atoms with Crippen LogP contribution in [0.25, 0.3) is 10.8 Å². The van der Waals surface area contributed by atoms with E-state index >= 15 is 0 Å². The van der Waals surface area contributed by atoms with Crippen LogP contribution >= 0.6 is 0 Å². The molecule has 6 nitrogen and oxygen atoms in total. The average Bonchev–Trinajstić information content (AvgIpc) is 2.80. The monoisotopic (exact) mass is 300 g/mol. The zero-order valence-electron chi connectivity index (χ0n) is 11.3. The van der Waals surface area contributed by atoms with Crippen LogP contribution in [0.2, 0.25) is 0 Å². The van der Waals surface area contributed by atoms with E-state index in [4.69, 9.17) is 5.26 Å². The summed E-state index contributed by atoms with van der Waals surface area (Å²) in [5.41, 5.74) is 0.869. The Labute approximate surface area is 122 Å². The van der Waals surface area contributed by atoms with E-state index in [2.05, 4.69) is 9.38 Å². The van der Waals surface area contributed by atoms with Crippen LogP contribution in [0.5, 0.6) is 0 Å². The lowest BCUT2D eigenvalue weighted by molar-refractivity contribution is 0.593. The largest absolute Gasteiger partial charge is 0.345 e. The number of hydrogen-bond donors (Lipinski definition) is 0. The van der Waals surface area contributed by atoms with Crippen molar-refractivity contribution in [3.63, 3.8) is 0 Å². The minimum atomic E-state index is -3.66. The average molecular weight is 300 g/mol. The lowest BCUT2D eigenvalue weighted by Gasteiger charge is -2.22. The van der Waals surface area contributed by atoms with E-state index in [1.807, 2.05) is 13.0 Å². The minimum Gasteiger partial charge on any atom is -0.245 e. The number of pyridine rings is 1. The summed E-state index contributed by atoms with van der Waals surface area (Å²) in [6, 6.07) is 8.65. The Hall–Kier alpha value is -2.46. The van der Waals surface area contributed by atoms with Gasteiger partial charge in [-0.05, 0) is 36.1 Å². The molecule has 1 aromatic heterocycles. The summed E-state index contributed by atoms with van der Waals surface area (Å²) in [6.45, 7) is 1.91. The smallest absolute Gasteiger partial charge is 0.245 e. The lowest BCUT2D eigenvalue weighted by atomic mass is 10.1. The first kappa shape index (κ1) is 13.5. The van der Waals surface area contributed by atoms with Crippen molar-refractivity contribution in [2.75, 3.05) is 4.31 Å². The van der Waals surface area contributed by atoms with E-state index in [9.17, 15) is 8.42 Å². The van der Waals surface area contributed by atoms with E-state index in [1.54, 1.807) is 24.3 Å². The van der Waals surface area contributed by atoms with Gasteiger partial charge in [0.05, 0.1) is 11.7 Å². The van der Waals surface area contributed by atoms with E-state index in [0.29, 0.717) is 23.2 Å². The van der Waals surface area contributed by atoms with Crippen molar-refractivity contribution in [3.05, 3.63) is 36.2 Å². The third kappa shape index (κ3) is 2.14. The van der Waals surface area contributed by atoms with Gasteiger partial charge in [-0.15, -0.1) is 0 Å². The zero-order chi connectivity index (χ0) is 15.0. The maximum atomic E-state index is 12.1. The summed E-state index contributed by atoms with van der Waals surface area (Å²) < 4.78 is 29.0. The van der Waals surface area contributed by atoms with Gasteiger partial charge in [-0.3, -0.25) is 0 Å². The van der Waals surface area contributed by atoms with Gasteiger partial charge in [-0.1, -0.05) is 6.92 Å². The summed E-state index contributed by atoms with van der Waals surface area (Å²) in [5.74, 6) is 0. The molecule has 1 aromatic carbocycles. The Bertz CT molecular complexity index is 883. The van der Waals surface area contributed by atoms with Gasteiger partial charge in [0.15, 0.2) is 0 Å². The van der Waals surface area contributed by atoms with Gasteiger partial charge in [-0.25, -0.2) is 9.29 Å². The molecule has 1 aliphatic heterocycles. The van der Waals surface area contributed by atoms with Gasteiger partial charge < -0.3 is 0 Å². The Morgan fingerprint density at radius 3 is 2.90 bits per heavy atom. The Morgan fingerprint density at radius 1 is 1.38 bits per heavy atom. The van der Waals surface area contributed by atoms with Gasteiger partial charge in [0.2, 0.25) is 0 Å². The second-order valence-corrected chi connectivity index (χ2v) is 6.18. The molecule has 0 unspecified atom stereocenters. The number of aromatic nitrogens is 1. The van der Waals surface area contributed by atoms with Crippen molar-refractivity contribution in [1.82, 2.24) is 4.98 Å². The van der Waals surface area contributed by atoms with Crippen LogP contribution in [0, 0.1) is 11.3 Å². The molecular formula is C14H12N4O2S. The first-order valence-electron chi connectivity index (χ1n) is 6.45. The lowest BCUT2D eigenvalue weighted by Crippen LogP contribution is -2.34. The number of anilines is 1. The van der Waals surface area contributed by atoms with Gasteiger partial charge in [0, 0.05) is 17.8 Å². The van der Waals surface area contributed by atoms with Crippen LogP contribution in [0.4, 0.5) is 5.69 Å². The fourth-order valence-electron chi connectivity index (χ4n) is 2.42. The van der Waals surface area contributed by atoms with Crippen LogP contribution in [-0.4, -0.2) is 25.7 Å². The quantitative estimate of drug-likeness (QED) is 0.849. The van der Waals surface area contributed by atoms with Crippen molar-refractivity contribution in [3.8, 4) is 6.07 Å². The first-order valence-corrected chi connectivity index (χ1v) is 7.85. The highest BCUT2D eigenvalue weighted by atomic mass is 32.2. The Morgan fingerprint density at radius 2 is 2.19 bits per heavy atom. The molecular weight excluding hydrogens is 288 g/mol. The molecule has 0 amide bonds. The molecule has 2 aromatic rings. The van der Waals surface area contributed by atoms with Gasteiger partial charge in [0.25, 0.3) is 0 Å². The molecule has 1 atom stereocenters. The topological polar surface area (TPSA) is 86.4 Å². The molecule has 0 fully saturated rings. The van der Waals surface area contributed by atoms with Crippen LogP contribution < -0.4 is 4.31 Å². The molecule has 3 rings (SSSR count). The first-order chi connectivity index (χ1) is 10.1. The molecule has 0 spiro atoms. The molecule has 0 aliphatic carbocycles. The molecule has 7 heteroatoms. The van der Waals surface area contributed by atoms with Crippen molar-refractivity contribution < 1.29 is 8.42 Å². The second-order valence-electron chi connectivity index (χ2n) is 4.68. The fourth-order valence-corrected chi connectivity index (χ4v) is 3.74. The Balaban J connectivity index is 2.16. The van der Waals surface area contributed by atoms with Crippen molar-refractivity contribution >= 4 is 32.9 Å². The highest BCUT2D eigenvalue weighted by molar-refractivity contribution is 7.92. The van der Waals surface area contributed by atoms with E-state index in [-0.39, 0.29) is 6.04 Å². The summed E-state index contributed by atoms with van der Waals surface area (Å²) in [5, 5.41) is 10.5. The van der Waals surface area contributed by atoms with Crippen molar-refractivity contribution in [2.45, 2.75) is 19.4 Å². The predicted molar refractivity (Wildman–Crippen MR) is 80.4 cm³/mol. The summed E-state index contributed by atoms with van der Waals surface area (Å²) in [6.07, 6.45) is 3.63. The molecule has 0 saturated carbocycles. The maximum absolute atomic E-state index is 12.1. The molecule has 0 saturated heterocycles. The van der Waals surface area contributed by atoms with Crippen LogP contribution in [-0.2, 0) is 10.2 Å². The van der Waals surface area contributed by atoms with E-state index in [1.165, 1.54) is 16.7 Å². The highest BCUT2D eigenvalue weighted by Crippen LogP contribution is 2.30. The van der Waals surface area contributed by atoms with Gasteiger partial charge in [0.1, 0.15) is 11.8 Å². The highest BCUT2D eigenvalue weighted by Gasteiger charge is 2.33. The van der Waals surface area contributed by atoms with Crippen molar-refractivity contribution in [2.24, 2.45) is 4.40 Å². The van der Waals surface area contributed by atoms with Gasteiger partial charge >= 0.3 is 10.2 Å². The van der Waals surface area contributed by atoms with Crippen LogP contribution in [0.1, 0.15) is 19.0 Å². The number of hydrogen-bond acceptors (Lipinski definition) is 4. The standard InChI is InChI=1S/C14H12N4O2S/c1-2-11-9-17-21(19,20)18(11)12-3-4-13-10(7-12)5-6-16-14(13)8-15/h3-7,9,11H,2H2,1H3/t11-/m0/s1. The van der Waals surface area contributed by atoms with E-state index in [0.717, 1.165) is 5.39 Å². The molecule has 1 aliphatic rings. The molecule has 106 valence electrons. The van der Waals surface area contributed by atoms with Crippen LogP contribution in [0.3, 0.4) is 0 Å². The number of rotatable bonds is 2. The van der Waals surface area contributed by atoms with Gasteiger partial charge in [-0.2, -0.15) is 18.1 Å². The third-order valence-electron chi connectivity index (χ3n) is 3.44. The fraction of sp³-hybridized carbons (Fsp3) is 0.214. The predicted octanol–water partition coefficient (Wildman–Crippen LogP) is 2.02. The number of benzene rings is 1. The van der Waals surface area contributed by atoms with Crippen molar-refractivity contribution in [1.29, 1.82) is 5.26 Å². The summed E-state index contributed by atoms with van der Waals surface area (Å²) >= 11 is 0. The molecule has 0 bridgehead atoms. The molecule has 0 radical (unpaired) electrons. The van der Waals surface area contributed by atoms with E-state index < -0.39 is 10.2 Å². The normalized spacial score (nSPS) is 19.8. The number of fused-ring (bicyclic) bond motifs is 1. The summed E-state index contributed by atoms with van der Waals surface area (Å²) in [7, 11) is -3.66. The molecule has 21 heavy (non-hydrogen) atoms. The number of nitriles is 1. The maximum Gasteiger partial charge on any atom is 0.345 e. The zero-order valence-corrected chi connectivity index (χ0v) is 12.1. The summed E-state index contributed by atoms with van der Waals surface area (Å²) in [4.78, 5) is 3.99. The van der Waals surface area contributed by atoms with Crippen LogP contribution in [0.15, 0.2) is 34.9 Å². The second kappa shape index (κ2) is 4.82. The number of nitrogens with zero attached hydrogens (tertiary/aromatic N) is 4. The molecule has 2 heterocycles.